The van der Waals surface area contributed by atoms with Crippen LogP contribution in [0.5, 0.6) is 0 Å². The molecule has 0 saturated heterocycles. The Morgan fingerprint density at radius 3 is 1.83 bits per heavy atom. The number of nitrogen functional groups attached to an aromatic ring is 1. The van der Waals surface area contributed by atoms with Gasteiger partial charge in [0.25, 0.3) is 0 Å². The molecule has 2 nitrogen and oxygen atoms in total. The number of pyridine rings is 1. The monoisotopic (exact) mass is 244 g/mol. The van der Waals surface area contributed by atoms with Gasteiger partial charge in [0.15, 0.2) is 0 Å². The second-order valence-corrected chi connectivity index (χ2v) is 3.34. The van der Waals surface area contributed by atoms with E-state index in [0.717, 1.165) is 11.3 Å². The number of aromatic nitrogens is 1. The van der Waals surface area contributed by atoms with Crippen LogP contribution in [-0.2, 0) is 0 Å². The van der Waals surface area contributed by atoms with E-state index in [1.54, 1.807) is 6.20 Å². The van der Waals surface area contributed by atoms with Crippen molar-refractivity contribution in [3.8, 4) is 11.3 Å². The largest absolute Gasteiger partial charge is 0.397 e. The van der Waals surface area contributed by atoms with Crippen LogP contribution in [-0.4, -0.2) is 4.98 Å². The summed E-state index contributed by atoms with van der Waals surface area (Å²) in [6.45, 7) is 10.1. The molecule has 1 heterocycles. The lowest BCUT2D eigenvalue weighted by Gasteiger charge is -2.01. The maximum atomic E-state index is 5.57. The molecule has 2 rings (SSSR count). The van der Waals surface area contributed by atoms with E-state index in [1.165, 1.54) is 5.56 Å². The summed E-state index contributed by atoms with van der Waals surface area (Å²) in [5.41, 5.74) is 9.59. The fourth-order valence-corrected chi connectivity index (χ4v) is 1.30. The van der Waals surface area contributed by atoms with Gasteiger partial charge in [-0.05, 0) is 19.1 Å². The van der Waals surface area contributed by atoms with Gasteiger partial charge in [0.2, 0.25) is 0 Å². The third-order valence-electron chi connectivity index (χ3n) is 2.13. The first kappa shape index (κ1) is 16.2. The number of hydrogen-bond donors (Lipinski definition) is 1. The molecule has 0 aliphatic carbocycles. The van der Waals surface area contributed by atoms with Gasteiger partial charge < -0.3 is 5.73 Å². The van der Waals surface area contributed by atoms with Gasteiger partial charge in [-0.3, -0.25) is 4.98 Å². The summed E-state index contributed by atoms with van der Waals surface area (Å²) >= 11 is 0. The van der Waals surface area contributed by atoms with E-state index in [1.807, 2.05) is 39.8 Å². The van der Waals surface area contributed by atoms with E-state index in [9.17, 15) is 0 Å². The molecule has 0 radical (unpaired) electrons. The molecule has 18 heavy (non-hydrogen) atoms. The number of benzene rings is 1. The van der Waals surface area contributed by atoms with E-state index in [4.69, 9.17) is 5.73 Å². The van der Waals surface area contributed by atoms with E-state index in [2.05, 4.69) is 36.2 Å². The van der Waals surface area contributed by atoms with Crippen molar-refractivity contribution in [1.29, 1.82) is 0 Å². The molecule has 1 aromatic carbocycles. The number of rotatable bonds is 1. The Kier molecular flexibility index (Phi) is 8.29. The maximum Gasteiger partial charge on any atom is 0.0703 e. The Bertz CT molecular complexity index is 372. The van der Waals surface area contributed by atoms with Crippen LogP contribution in [0.15, 0.2) is 42.6 Å². The average Bonchev–Trinajstić information content (AvgIpc) is 2.45. The predicted octanol–water partition coefficient (Wildman–Crippen LogP) is 4.69. The molecular weight excluding hydrogens is 220 g/mol. The predicted molar refractivity (Wildman–Crippen MR) is 81.5 cm³/mol. The van der Waals surface area contributed by atoms with Gasteiger partial charge in [-0.1, -0.05) is 57.5 Å². The van der Waals surface area contributed by atoms with Gasteiger partial charge in [0.05, 0.1) is 17.6 Å². The van der Waals surface area contributed by atoms with Crippen molar-refractivity contribution in [2.24, 2.45) is 0 Å². The van der Waals surface area contributed by atoms with Crippen LogP contribution >= 0.6 is 0 Å². The highest BCUT2D eigenvalue weighted by Gasteiger charge is 1.97. The molecule has 0 bridgehead atoms. The average molecular weight is 244 g/mol. The maximum absolute atomic E-state index is 5.57. The topological polar surface area (TPSA) is 38.9 Å². The second-order valence-electron chi connectivity index (χ2n) is 3.34. The van der Waals surface area contributed by atoms with E-state index >= 15 is 0 Å². The molecule has 0 unspecified atom stereocenters. The van der Waals surface area contributed by atoms with Crippen LogP contribution in [0.2, 0.25) is 0 Å². The van der Waals surface area contributed by atoms with E-state index in [-0.39, 0.29) is 0 Å². The van der Waals surface area contributed by atoms with Crippen LogP contribution in [0.1, 0.15) is 33.3 Å². The minimum Gasteiger partial charge on any atom is -0.397 e. The van der Waals surface area contributed by atoms with Crippen molar-refractivity contribution in [2.75, 3.05) is 5.73 Å². The number of nitrogens with two attached hydrogens (primary N) is 1. The number of aryl methyl sites for hydroxylation is 1. The Balaban J connectivity index is 0.000000659. The molecule has 1 aromatic heterocycles. The molecule has 2 aromatic rings. The summed E-state index contributed by atoms with van der Waals surface area (Å²) in [5, 5.41) is 0. The Morgan fingerprint density at radius 2 is 1.39 bits per heavy atom. The summed E-state index contributed by atoms with van der Waals surface area (Å²) in [4.78, 5) is 4.25. The third kappa shape index (κ3) is 5.00. The molecule has 0 aliphatic heterocycles. The van der Waals surface area contributed by atoms with Gasteiger partial charge in [-0.15, -0.1) is 0 Å². The van der Waals surface area contributed by atoms with Gasteiger partial charge in [-0.25, -0.2) is 0 Å². The minimum absolute atomic E-state index is 0.695. The zero-order valence-electron chi connectivity index (χ0n) is 12.1. The van der Waals surface area contributed by atoms with Gasteiger partial charge in [0.1, 0.15) is 0 Å². The summed E-state index contributed by atoms with van der Waals surface area (Å²) in [5.74, 6) is 0. The highest BCUT2D eigenvalue weighted by molar-refractivity contribution is 5.60. The molecule has 0 spiro atoms. The normalized spacial score (nSPS) is 8.50. The van der Waals surface area contributed by atoms with Crippen molar-refractivity contribution in [3.05, 3.63) is 48.2 Å². The first-order valence-electron chi connectivity index (χ1n) is 6.54. The zero-order chi connectivity index (χ0) is 14.0. The van der Waals surface area contributed by atoms with Crippen LogP contribution in [0.25, 0.3) is 11.3 Å². The summed E-state index contributed by atoms with van der Waals surface area (Å²) in [6.07, 6.45) is 1.68. The van der Waals surface area contributed by atoms with E-state index < -0.39 is 0 Å². The summed E-state index contributed by atoms with van der Waals surface area (Å²) < 4.78 is 0. The lowest BCUT2D eigenvalue weighted by molar-refractivity contribution is 1.32. The van der Waals surface area contributed by atoms with Gasteiger partial charge in [-0.2, -0.15) is 0 Å². The molecule has 0 fully saturated rings. The highest BCUT2D eigenvalue weighted by Crippen LogP contribution is 2.17. The molecule has 0 amide bonds. The second kappa shape index (κ2) is 9.23. The molecular formula is C16H24N2. The Morgan fingerprint density at radius 1 is 0.833 bits per heavy atom. The van der Waals surface area contributed by atoms with Crippen LogP contribution < -0.4 is 5.73 Å². The van der Waals surface area contributed by atoms with Gasteiger partial charge in [0, 0.05) is 5.56 Å². The van der Waals surface area contributed by atoms with Crippen molar-refractivity contribution >= 4 is 5.69 Å². The van der Waals surface area contributed by atoms with E-state index in [0.29, 0.717) is 5.69 Å². The third-order valence-corrected chi connectivity index (χ3v) is 2.13. The standard InChI is InChI=1S/C12H12N2.2C2H6/c1-9-2-4-10(5-3-9)12-7-6-11(13)8-14-12;2*1-2/h2-8H,13H2,1H3;2*1-2H3. The number of hydrogen-bond acceptors (Lipinski definition) is 2. The lowest BCUT2D eigenvalue weighted by atomic mass is 10.1. The first-order chi connectivity index (χ1) is 8.75. The molecule has 2 N–H and O–H groups in total. The molecule has 98 valence electrons. The quantitative estimate of drug-likeness (QED) is 0.790. The van der Waals surface area contributed by atoms with Gasteiger partial charge >= 0.3 is 0 Å². The smallest absolute Gasteiger partial charge is 0.0703 e. The molecule has 2 heteroatoms. The Hall–Kier alpha value is -1.83. The lowest BCUT2D eigenvalue weighted by Crippen LogP contribution is -1.87. The van der Waals surface area contributed by atoms with Crippen LogP contribution in [0.4, 0.5) is 5.69 Å². The Labute approximate surface area is 111 Å². The van der Waals surface area contributed by atoms with Crippen LogP contribution in [0.3, 0.4) is 0 Å². The highest BCUT2D eigenvalue weighted by atomic mass is 14.7. The van der Waals surface area contributed by atoms with Crippen molar-refractivity contribution in [2.45, 2.75) is 34.6 Å². The number of anilines is 1. The molecule has 0 saturated carbocycles. The molecule has 0 aliphatic rings. The SMILES string of the molecule is CC.CC.Cc1ccc(-c2ccc(N)cn2)cc1. The minimum atomic E-state index is 0.695. The van der Waals surface area contributed by atoms with Crippen molar-refractivity contribution in [1.82, 2.24) is 4.98 Å². The first-order valence-corrected chi connectivity index (χ1v) is 6.54. The van der Waals surface area contributed by atoms with Crippen molar-refractivity contribution < 1.29 is 0 Å². The fourth-order valence-electron chi connectivity index (χ4n) is 1.30. The number of nitrogens with zero attached hydrogens (tertiary/aromatic N) is 1. The summed E-state index contributed by atoms with van der Waals surface area (Å²) in [6, 6.07) is 12.1. The fraction of sp³-hybridized carbons (Fsp3) is 0.312. The van der Waals surface area contributed by atoms with Crippen molar-refractivity contribution in [3.63, 3.8) is 0 Å². The summed E-state index contributed by atoms with van der Waals surface area (Å²) in [7, 11) is 0. The zero-order valence-corrected chi connectivity index (χ0v) is 12.1. The molecule has 0 atom stereocenters. The van der Waals surface area contributed by atoms with Crippen LogP contribution in [0, 0.1) is 6.92 Å².